The molecule has 0 aromatic heterocycles. The van der Waals surface area contributed by atoms with Crippen molar-refractivity contribution in [3.05, 3.63) is 64.4 Å². The molecule has 3 nitrogen and oxygen atoms in total. The van der Waals surface area contributed by atoms with E-state index in [0.29, 0.717) is 17.4 Å². The Morgan fingerprint density at radius 1 is 1.04 bits per heavy atom. The van der Waals surface area contributed by atoms with Gasteiger partial charge in [-0.3, -0.25) is 4.31 Å². The van der Waals surface area contributed by atoms with Crippen molar-refractivity contribution in [1.29, 1.82) is 0 Å². The summed E-state index contributed by atoms with van der Waals surface area (Å²) in [6.07, 6.45) is 4.48. The summed E-state index contributed by atoms with van der Waals surface area (Å²) >= 11 is 0. The van der Waals surface area contributed by atoms with Crippen LogP contribution in [0.15, 0.2) is 63.7 Å². The first-order chi connectivity index (χ1) is 11.6. The molecule has 0 fully saturated rings. The number of aryl methyl sites for hydroxylation is 1. The summed E-state index contributed by atoms with van der Waals surface area (Å²) in [5.41, 5.74) is 6.04. The fraction of sp³-hybridized carbons (Fsp3) is 0.429. The number of nitrogens with zero attached hydrogens (tertiary/aromatic N) is 1. The monoisotopic (exact) mass is 359 g/mol. The second kappa shape index (κ2) is 7.61. The molecular formula is C21H29NO2S. The zero-order valence-electron chi connectivity index (χ0n) is 16.1. The lowest BCUT2D eigenvalue weighted by molar-refractivity contribution is 0.456. The number of allylic oxidation sites excluding steroid dienone is 5. The van der Waals surface area contributed by atoms with Gasteiger partial charge in [0.15, 0.2) is 0 Å². The maximum absolute atomic E-state index is 13.0. The van der Waals surface area contributed by atoms with Crippen LogP contribution in [-0.4, -0.2) is 19.3 Å². The molecule has 4 heteroatoms. The third-order valence-corrected chi connectivity index (χ3v) is 6.47. The first-order valence-electron chi connectivity index (χ1n) is 8.76. The predicted molar refractivity (Wildman–Crippen MR) is 105 cm³/mol. The summed E-state index contributed by atoms with van der Waals surface area (Å²) in [7, 11) is -3.52. The highest BCUT2D eigenvalue weighted by Crippen LogP contribution is 2.32. The van der Waals surface area contributed by atoms with E-state index in [1.54, 1.807) is 18.3 Å². The molecule has 1 aromatic rings. The molecule has 1 atom stereocenters. The molecule has 2 rings (SSSR count). The van der Waals surface area contributed by atoms with Crippen molar-refractivity contribution < 1.29 is 8.42 Å². The van der Waals surface area contributed by atoms with E-state index < -0.39 is 10.0 Å². The average molecular weight is 360 g/mol. The predicted octanol–water partition coefficient (Wildman–Crippen LogP) is 5.21. The van der Waals surface area contributed by atoms with E-state index in [9.17, 15) is 8.42 Å². The van der Waals surface area contributed by atoms with Gasteiger partial charge in [0, 0.05) is 12.7 Å². The van der Waals surface area contributed by atoms with Crippen LogP contribution in [0, 0.1) is 12.8 Å². The topological polar surface area (TPSA) is 37.4 Å². The van der Waals surface area contributed by atoms with Crippen molar-refractivity contribution in [3.63, 3.8) is 0 Å². The van der Waals surface area contributed by atoms with Crippen molar-refractivity contribution in [3.8, 4) is 0 Å². The molecule has 0 N–H and O–H groups in total. The first-order valence-corrected chi connectivity index (χ1v) is 10.2. The SMILES string of the molecule is CC(C)=C1/C=C\N(S(=O)(=O)c2ccc(C)cc2)CCC(C)C1=C(C)C. The van der Waals surface area contributed by atoms with Gasteiger partial charge in [0.05, 0.1) is 4.90 Å². The van der Waals surface area contributed by atoms with Crippen LogP contribution in [0.5, 0.6) is 0 Å². The van der Waals surface area contributed by atoms with Crippen LogP contribution >= 0.6 is 0 Å². The first kappa shape index (κ1) is 19.5. The molecule has 1 aliphatic heterocycles. The van der Waals surface area contributed by atoms with Crippen molar-refractivity contribution >= 4 is 10.0 Å². The van der Waals surface area contributed by atoms with Crippen molar-refractivity contribution in [2.24, 2.45) is 5.92 Å². The van der Waals surface area contributed by atoms with E-state index in [2.05, 4.69) is 34.6 Å². The molecule has 136 valence electrons. The van der Waals surface area contributed by atoms with Crippen LogP contribution in [0.25, 0.3) is 0 Å². The fourth-order valence-corrected chi connectivity index (χ4v) is 4.61. The van der Waals surface area contributed by atoms with E-state index >= 15 is 0 Å². The molecule has 0 saturated heterocycles. The fourth-order valence-electron chi connectivity index (χ4n) is 3.30. The maximum Gasteiger partial charge on any atom is 0.263 e. The van der Waals surface area contributed by atoms with Gasteiger partial charge in [0.25, 0.3) is 10.0 Å². The zero-order valence-corrected chi connectivity index (χ0v) is 16.9. The Labute approximate surface area is 152 Å². The summed E-state index contributed by atoms with van der Waals surface area (Å²) in [6, 6.07) is 7.05. The lowest BCUT2D eigenvalue weighted by Gasteiger charge is -2.28. The largest absolute Gasteiger partial charge is 0.273 e. The molecule has 0 radical (unpaired) electrons. The summed E-state index contributed by atoms with van der Waals surface area (Å²) < 4.78 is 27.5. The molecule has 1 unspecified atom stereocenters. The number of sulfonamides is 1. The van der Waals surface area contributed by atoms with Gasteiger partial charge in [-0.15, -0.1) is 0 Å². The van der Waals surface area contributed by atoms with Crippen LogP contribution in [0.4, 0.5) is 0 Å². The highest BCUT2D eigenvalue weighted by Gasteiger charge is 2.25. The minimum Gasteiger partial charge on any atom is -0.273 e. The van der Waals surface area contributed by atoms with Gasteiger partial charge in [-0.05, 0) is 76.3 Å². The number of benzene rings is 1. The Kier molecular flexibility index (Phi) is 5.94. The van der Waals surface area contributed by atoms with E-state index in [4.69, 9.17) is 0 Å². The van der Waals surface area contributed by atoms with E-state index in [-0.39, 0.29) is 0 Å². The van der Waals surface area contributed by atoms with Gasteiger partial charge in [-0.25, -0.2) is 8.42 Å². The van der Waals surface area contributed by atoms with Crippen molar-refractivity contribution in [1.82, 2.24) is 4.31 Å². The summed E-state index contributed by atoms with van der Waals surface area (Å²) in [4.78, 5) is 0.345. The lowest BCUT2D eigenvalue weighted by atomic mass is 9.85. The number of hydrogen-bond acceptors (Lipinski definition) is 2. The van der Waals surface area contributed by atoms with Gasteiger partial charge in [0.2, 0.25) is 0 Å². The molecule has 1 aromatic carbocycles. The molecule has 0 bridgehead atoms. The number of hydrogen-bond donors (Lipinski definition) is 0. The second-order valence-electron chi connectivity index (χ2n) is 7.26. The van der Waals surface area contributed by atoms with Crippen LogP contribution in [0.1, 0.15) is 46.6 Å². The zero-order chi connectivity index (χ0) is 18.8. The van der Waals surface area contributed by atoms with Crippen molar-refractivity contribution in [2.45, 2.75) is 52.9 Å². The molecule has 0 saturated carbocycles. The highest BCUT2D eigenvalue weighted by atomic mass is 32.2. The van der Waals surface area contributed by atoms with Crippen LogP contribution in [0.3, 0.4) is 0 Å². The summed E-state index contributed by atoms with van der Waals surface area (Å²) in [6.45, 7) is 13.0. The molecule has 0 aliphatic carbocycles. The van der Waals surface area contributed by atoms with E-state index in [0.717, 1.165) is 17.6 Å². The average Bonchev–Trinajstić information content (AvgIpc) is 2.50. The minimum atomic E-state index is -3.52. The smallest absolute Gasteiger partial charge is 0.263 e. The molecule has 0 spiro atoms. The van der Waals surface area contributed by atoms with Crippen LogP contribution < -0.4 is 0 Å². The normalized spacial score (nSPS) is 20.1. The van der Waals surface area contributed by atoms with Gasteiger partial charge in [0.1, 0.15) is 0 Å². The van der Waals surface area contributed by atoms with Crippen LogP contribution in [0.2, 0.25) is 0 Å². The van der Waals surface area contributed by atoms with Gasteiger partial charge in [-0.2, -0.15) is 0 Å². The Bertz CT molecular complexity index is 819. The molecule has 25 heavy (non-hydrogen) atoms. The summed E-state index contributed by atoms with van der Waals surface area (Å²) in [5, 5.41) is 0. The summed E-state index contributed by atoms with van der Waals surface area (Å²) in [5.74, 6) is 0.315. The Hall–Kier alpha value is -1.81. The van der Waals surface area contributed by atoms with Crippen molar-refractivity contribution in [2.75, 3.05) is 6.54 Å². The molecule has 1 aliphatic rings. The third-order valence-electron chi connectivity index (χ3n) is 4.68. The van der Waals surface area contributed by atoms with Gasteiger partial charge in [-0.1, -0.05) is 35.8 Å². The quantitative estimate of drug-likeness (QED) is 0.727. The Balaban J connectivity index is 2.49. The highest BCUT2D eigenvalue weighted by molar-refractivity contribution is 7.89. The van der Waals surface area contributed by atoms with Gasteiger partial charge >= 0.3 is 0 Å². The standard InChI is InChI=1S/C21H29NO2S/c1-15(2)20-12-14-22(13-11-18(6)21(20)16(3)4)25(23,24)19-9-7-17(5)8-10-19/h7-10,12,14,18H,11,13H2,1-6H3/b14-12-. The molecular weight excluding hydrogens is 330 g/mol. The second-order valence-corrected chi connectivity index (χ2v) is 9.15. The van der Waals surface area contributed by atoms with E-state index in [1.807, 2.05) is 25.1 Å². The Morgan fingerprint density at radius 2 is 1.64 bits per heavy atom. The lowest BCUT2D eigenvalue weighted by Crippen LogP contribution is -2.29. The minimum absolute atomic E-state index is 0.315. The van der Waals surface area contributed by atoms with Gasteiger partial charge < -0.3 is 0 Å². The third kappa shape index (κ3) is 4.24. The molecule has 0 amide bonds. The molecule has 1 heterocycles. The number of rotatable bonds is 2. The Morgan fingerprint density at radius 3 is 2.16 bits per heavy atom. The maximum atomic E-state index is 13.0. The van der Waals surface area contributed by atoms with Crippen LogP contribution in [-0.2, 0) is 10.0 Å². The van der Waals surface area contributed by atoms with E-state index in [1.165, 1.54) is 21.0 Å².